The standard InChI is InChI=1S/C14H15Br2FN2S/c1-19(8-9-4-2-3-5-11(9)17)12(7-18)13-6-10(15)14(16)20-13/h2-6,12H,7-8,18H2,1H3. The Balaban J connectivity index is 2.17. The van der Waals surface area contributed by atoms with Crippen LogP contribution in [0.5, 0.6) is 0 Å². The van der Waals surface area contributed by atoms with Crippen LogP contribution < -0.4 is 5.73 Å². The van der Waals surface area contributed by atoms with Gasteiger partial charge in [0, 0.05) is 28.0 Å². The van der Waals surface area contributed by atoms with E-state index < -0.39 is 0 Å². The highest BCUT2D eigenvalue weighted by Crippen LogP contribution is 2.37. The predicted molar refractivity (Wildman–Crippen MR) is 89.4 cm³/mol. The molecule has 2 rings (SSSR count). The monoisotopic (exact) mass is 420 g/mol. The molecule has 1 unspecified atom stereocenters. The molecule has 0 spiro atoms. The molecule has 108 valence electrons. The average Bonchev–Trinajstić information content (AvgIpc) is 2.73. The van der Waals surface area contributed by atoms with Gasteiger partial charge < -0.3 is 5.73 Å². The van der Waals surface area contributed by atoms with Gasteiger partial charge in [-0.05, 0) is 51.0 Å². The van der Waals surface area contributed by atoms with Crippen LogP contribution >= 0.6 is 43.2 Å². The summed E-state index contributed by atoms with van der Waals surface area (Å²) >= 11 is 8.62. The first kappa shape index (κ1) is 16.1. The number of benzene rings is 1. The molecule has 20 heavy (non-hydrogen) atoms. The Hall–Kier alpha value is -0.270. The Bertz CT molecular complexity index is 569. The number of hydrogen-bond donors (Lipinski definition) is 1. The normalized spacial score (nSPS) is 12.9. The first-order chi connectivity index (χ1) is 9.52. The topological polar surface area (TPSA) is 29.3 Å². The molecule has 6 heteroatoms. The highest BCUT2D eigenvalue weighted by atomic mass is 79.9. The molecule has 1 atom stereocenters. The van der Waals surface area contributed by atoms with Gasteiger partial charge in [-0.1, -0.05) is 18.2 Å². The fourth-order valence-electron chi connectivity index (χ4n) is 2.05. The summed E-state index contributed by atoms with van der Waals surface area (Å²) in [6.45, 7) is 1.02. The van der Waals surface area contributed by atoms with Crippen LogP contribution in [0.2, 0.25) is 0 Å². The third-order valence-electron chi connectivity index (χ3n) is 3.13. The lowest BCUT2D eigenvalue weighted by molar-refractivity contribution is 0.242. The molecule has 0 bridgehead atoms. The minimum Gasteiger partial charge on any atom is -0.329 e. The van der Waals surface area contributed by atoms with E-state index in [1.807, 2.05) is 13.1 Å². The molecule has 2 N–H and O–H groups in total. The van der Waals surface area contributed by atoms with Crippen LogP contribution in [-0.4, -0.2) is 18.5 Å². The summed E-state index contributed by atoms with van der Waals surface area (Å²) in [5.74, 6) is -0.177. The molecule has 0 saturated heterocycles. The fraction of sp³-hybridized carbons (Fsp3) is 0.286. The van der Waals surface area contributed by atoms with Crippen molar-refractivity contribution in [2.45, 2.75) is 12.6 Å². The van der Waals surface area contributed by atoms with Crippen molar-refractivity contribution in [3.63, 3.8) is 0 Å². The second-order valence-electron chi connectivity index (χ2n) is 4.53. The van der Waals surface area contributed by atoms with Crippen LogP contribution in [0, 0.1) is 5.82 Å². The summed E-state index contributed by atoms with van der Waals surface area (Å²) < 4.78 is 15.8. The Morgan fingerprint density at radius 1 is 1.35 bits per heavy atom. The highest BCUT2D eigenvalue weighted by molar-refractivity contribution is 9.13. The lowest BCUT2D eigenvalue weighted by Gasteiger charge is -2.26. The van der Waals surface area contributed by atoms with Crippen molar-refractivity contribution in [1.82, 2.24) is 4.90 Å². The number of nitrogens with two attached hydrogens (primary N) is 1. The maximum absolute atomic E-state index is 13.7. The molecule has 0 aliphatic rings. The molecule has 1 aromatic heterocycles. The first-order valence-electron chi connectivity index (χ1n) is 6.11. The number of hydrogen-bond acceptors (Lipinski definition) is 3. The van der Waals surface area contributed by atoms with Gasteiger partial charge >= 0.3 is 0 Å². The van der Waals surface area contributed by atoms with Gasteiger partial charge in [0.25, 0.3) is 0 Å². The SMILES string of the molecule is CN(Cc1ccccc1F)C(CN)c1cc(Br)c(Br)s1. The van der Waals surface area contributed by atoms with Crippen LogP contribution in [0.3, 0.4) is 0 Å². The van der Waals surface area contributed by atoms with Crippen molar-refractivity contribution in [1.29, 1.82) is 0 Å². The molecular formula is C14H15Br2FN2S. The Morgan fingerprint density at radius 2 is 2.05 bits per heavy atom. The molecule has 0 saturated carbocycles. The second kappa shape index (κ2) is 7.13. The van der Waals surface area contributed by atoms with Crippen LogP contribution in [0.25, 0.3) is 0 Å². The number of thiophene rings is 1. The molecule has 0 amide bonds. The highest BCUT2D eigenvalue weighted by Gasteiger charge is 2.20. The smallest absolute Gasteiger partial charge is 0.127 e. The summed E-state index contributed by atoms with van der Waals surface area (Å²) in [7, 11) is 1.96. The van der Waals surface area contributed by atoms with Crippen molar-refractivity contribution < 1.29 is 4.39 Å². The minimum absolute atomic E-state index is 0.0715. The summed E-state index contributed by atoms with van der Waals surface area (Å²) in [4.78, 5) is 3.23. The number of halogens is 3. The van der Waals surface area contributed by atoms with E-state index in [1.54, 1.807) is 23.5 Å². The maximum atomic E-state index is 13.7. The Morgan fingerprint density at radius 3 is 2.60 bits per heavy atom. The fourth-order valence-corrected chi connectivity index (χ4v) is 4.31. The predicted octanol–water partition coefficient (Wildman–Crippen LogP) is 4.54. The van der Waals surface area contributed by atoms with E-state index in [0.29, 0.717) is 18.7 Å². The molecule has 2 aromatic rings. The molecule has 0 fully saturated rings. The van der Waals surface area contributed by atoms with Crippen LogP contribution in [0.4, 0.5) is 4.39 Å². The maximum Gasteiger partial charge on any atom is 0.127 e. The lowest BCUT2D eigenvalue weighted by atomic mass is 10.1. The Labute approximate surface area is 139 Å². The zero-order valence-electron chi connectivity index (χ0n) is 10.9. The van der Waals surface area contributed by atoms with Crippen molar-refractivity contribution in [2.24, 2.45) is 5.73 Å². The van der Waals surface area contributed by atoms with Crippen LogP contribution in [-0.2, 0) is 6.54 Å². The van der Waals surface area contributed by atoms with Crippen molar-refractivity contribution in [3.8, 4) is 0 Å². The van der Waals surface area contributed by atoms with Crippen LogP contribution in [0.1, 0.15) is 16.5 Å². The van der Waals surface area contributed by atoms with Gasteiger partial charge in [-0.15, -0.1) is 11.3 Å². The molecule has 0 aliphatic carbocycles. The molecule has 1 heterocycles. The van der Waals surface area contributed by atoms with Gasteiger partial charge in [0.2, 0.25) is 0 Å². The average molecular weight is 422 g/mol. The summed E-state index contributed by atoms with van der Waals surface area (Å²) in [5.41, 5.74) is 6.58. The quantitative estimate of drug-likeness (QED) is 0.767. The van der Waals surface area contributed by atoms with Crippen molar-refractivity contribution in [2.75, 3.05) is 13.6 Å². The molecule has 0 aliphatic heterocycles. The lowest BCUT2D eigenvalue weighted by Crippen LogP contribution is -2.29. The molecular weight excluding hydrogens is 407 g/mol. The van der Waals surface area contributed by atoms with Gasteiger partial charge in [0.1, 0.15) is 5.82 Å². The van der Waals surface area contributed by atoms with E-state index in [2.05, 4.69) is 42.8 Å². The first-order valence-corrected chi connectivity index (χ1v) is 8.51. The van der Waals surface area contributed by atoms with Crippen LogP contribution in [0.15, 0.2) is 38.6 Å². The van der Waals surface area contributed by atoms with Crippen molar-refractivity contribution >= 4 is 43.2 Å². The van der Waals surface area contributed by atoms with E-state index in [-0.39, 0.29) is 11.9 Å². The molecule has 1 aromatic carbocycles. The van der Waals surface area contributed by atoms with Gasteiger partial charge in [-0.3, -0.25) is 4.90 Å². The zero-order chi connectivity index (χ0) is 14.7. The largest absolute Gasteiger partial charge is 0.329 e. The molecule has 0 radical (unpaired) electrons. The molecule has 2 nitrogen and oxygen atoms in total. The third kappa shape index (κ3) is 3.68. The summed E-state index contributed by atoms with van der Waals surface area (Å²) in [5, 5.41) is 0. The summed E-state index contributed by atoms with van der Waals surface area (Å²) in [6.07, 6.45) is 0. The number of nitrogens with zero attached hydrogens (tertiary/aromatic N) is 1. The minimum atomic E-state index is -0.177. The van der Waals surface area contributed by atoms with Gasteiger partial charge in [0.15, 0.2) is 0 Å². The zero-order valence-corrected chi connectivity index (χ0v) is 14.9. The second-order valence-corrected chi connectivity index (χ2v) is 7.78. The van der Waals surface area contributed by atoms with E-state index in [4.69, 9.17) is 5.73 Å². The number of likely N-dealkylation sites (N-methyl/N-ethyl adjacent to an activating group) is 1. The Kier molecular flexibility index (Phi) is 5.74. The van der Waals surface area contributed by atoms with E-state index in [9.17, 15) is 4.39 Å². The van der Waals surface area contributed by atoms with Gasteiger partial charge in [-0.25, -0.2) is 4.39 Å². The third-order valence-corrected chi connectivity index (χ3v) is 6.48. The van der Waals surface area contributed by atoms with Gasteiger partial charge in [0.05, 0.1) is 9.83 Å². The van der Waals surface area contributed by atoms with Crippen molar-refractivity contribution in [3.05, 3.63) is 54.8 Å². The number of rotatable bonds is 5. The summed E-state index contributed by atoms with van der Waals surface area (Å²) in [6, 6.07) is 8.97. The van der Waals surface area contributed by atoms with Gasteiger partial charge in [-0.2, -0.15) is 0 Å². The van der Waals surface area contributed by atoms with E-state index in [1.165, 1.54) is 6.07 Å². The van der Waals surface area contributed by atoms with E-state index >= 15 is 0 Å². The van der Waals surface area contributed by atoms with E-state index in [0.717, 1.165) is 13.1 Å².